The molecule has 2 aromatic rings. The molecule has 1 aromatic heterocycles. The molecule has 2 aliphatic heterocycles. The van der Waals surface area contributed by atoms with E-state index >= 15 is 0 Å². The molecule has 110 valence electrons. The zero-order valence-electron chi connectivity index (χ0n) is 12.2. The molecule has 0 saturated carbocycles. The van der Waals surface area contributed by atoms with Gasteiger partial charge in [0.25, 0.3) is 0 Å². The number of benzene rings is 1. The summed E-state index contributed by atoms with van der Waals surface area (Å²) in [5.74, 6) is 1.72. The van der Waals surface area contributed by atoms with Crippen molar-refractivity contribution in [2.24, 2.45) is 0 Å². The molecular weight excluding hydrogens is 278 g/mol. The summed E-state index contributed by atoms with van der Waals surface area (Å²) in [6.07, 6.45) is 1.96. The van der Waals surface area contributed by atoms with Gasteiger partial charge in [-0.1, -0.05) is 0 Å². The topological polar surface area (TPSA) is 74.8 Å². The Morgan fingerprint density at radius 1 is 1.27 bits per heavy atom. The van der Waals surface area contributed by atoms with E-state index in [-0.39, 0.29) is 18.0 Å². The standard InChI is InChI=1S/C16H15N5O/c1-10-16(22)20-8-2-3-13(20)15-19-18-14(21(10)15)12-6-4-11(9-17)5-7-12/h4-7,10,13H,2-3,8H2,1H3/t10-,13+/m0/s1. The lowest BCUT2D eigenvalue weighted by atomic mass is 10.1. The molecule has 3 heterocycles. The normalized spacial score (nSPS) is 23.1. The van der Waals surface area contributed by atoms with Crippen LogP contribution in [0.4, 0.5) is 0 Å². The molecule has 22 heavy (non-hydrogen) atoms. The van der Waals surface area contributed by atoms with Crippen molar-refractivity contribution in [1.29, 1.82) is 5.26 Å². The molecule has 6 heteroatoms. The summed E-state index contributed by atoms with van der Waals surface area (Å²) in [5.41, 5.74) is 1.48. The van der Waals surface area contributed by atoms with Gasteiger partial charge in [-0.3, -0.25) is 9.36 Å². The lowest BCUT2D eigenvalue weighted by molar-refractivity contribution is -0.137. The number of hydrogen-bond acceptors (Lipinski definition) is 4. The van der Waals surface area contributed by atoms with Crippen LogP contribution in [-0.2, 0) is 4.79 Å². The maximum atomic E-state index is 12.6. The quantitative estimate of drug-likeness (QED) is 0.806. The number of nitrogens with zero attached hydrogens (tertiary/aromatic N) is 5. The molecule has 1 fully saturated rings. The number of nitriles is 1. The third-order valence-electron chi connectivity index (χ3n) is 4.57. The van der Waals surface area contributed by atoms with Crippen LogP contribution in [0.15, 0.2) is 24.3 Å². The zero-order valence-corrected chi connectivity index (χ0v) is 12.2. The summed E-state index contributed by atoms with van der Waals surface area (Å²) in [7, 11) is 0. The van der Waals surface area contributed by atoms with E-state index in [1.807, 2.05) is 28.5 Å². The summed E-state index contributed by atoms with van der Waals surface area (Å²) in [6.45, 7) is 2.71. The fourth-order valence-corrected chi connectivity index (χ4v) is 3.45. The molecule has 1 saturated heterocycles. The Kier molecular flexibility index (Phi) is 2.76. The second kappa shape index (κ2) is 4.67. The maximum absolute atomic E-state index is 12.6. The van der Waals surface area contributed by atoms with Crippen LogP contribution in [0.5, 0.6) is 0 Å². The average molecular weight is 293 g/mol. The fraction of sp³-hybridized carbons (Fsp3) is 0.375. The maximum Gasteiger partial charge on any atom is 0.246 e. The van der Waals surface area contributed by atoms with Crippen LogP contribution in [0.1, 0.15) is 43.2 Å². The Hall–Kier alpha value is -2.68. The number of amides is 1. The molecule has 0 N–H and O–H groups in total. The van der Waals surface area contributed by atoms with E-state index in [0.29, 0.717) is 11.4 Å². The van der Waals surface area contributed by atoms with E-state index in [2.05, 4.69) is 16.3 Å². The van der Waals surface area contributed by atoms with Crippen LogP contribution in [0.3, 0.4) is 0 Å². The molecule has 4 rings (SSSR count). The highest BCUT2D eigenvalue weighted by atomic mass is 16.2. The second-order valence-electron chi connectivity index (χ2n) is 5.81. The predicted molar refractivity (Wildman–Crippen MR) is 78.6 cm³/mol. The highest BCUT2D eigenvalue weighted by Gasteiger charge is 2.42. The van der Waals surface area contributed by atoms with Crippen LogP contribution in [-0.4, -0.2) is 32.1 Å². The number of rotatable bonds is 1. The van der Waals surface area contributed by atoms with Crippen molar-refractivity contribution in [3.63, 3.8) is 0 Å². The van der Waals surface area contributed by atoms with Crippen LogP contribution >= 0.6 is 0 Å². The minimum absolute atomic E-state index is 0.0586. The van der Waals surface area contributed by atoms with E-state index in [9.17, 15) is 4.79 Å². The predicted octanol–water partition coefficient (Wildman–Crippen LogP) is 2.05. The van der Waals surface area contributed by atoms with Gasteiger partial charge < -0.3 is 4.90 Å². The van der Waals surface area contributed by atoms with E-state index in [1.165, 1.54) is 0 Å². The molecule has 0 unspecified atom stereocenters. The third-order valence-corrected chi connectivity index (χ3v) is 4.57. The molecule has 2 atom stereocenters. The fourth-order valence-electron chi connectivity index (χ4n) is 3.45. The monoisotopic (exact) mass is 293 g/mol. The summed E-state index contributed by atoms with van der Waals surface area (Å²) >= 11 is 0. The van der Waals surface area contributed by atoms with Crippen LogP contribution in [0, 0.1) is 11.3 Å². The van der Waals surface area contributed by atoms with Crippen molar-refractivity contribution in [1.82, 2.24) is 19.7 Å². The Labute approximate surface area is 128 Å². The highest BCUT2D eigenvalue weighted by Crippen LogP contribution is 2.40. The summed E-state index contributed by atoms with van der Waals surface area (Å²) in [4.78, 5) is 14.5. The zero-order chi connectivity index (χ0) is 15.3. The van der Waals surface area contributed by atoms with Gasteiger partial charge in [-0.05, 0) is 44.0 Å². The number of fused-ring (bicyclic) bond motifs is 3. The first kappa shape index (κ1) is 13.0. The molecule has 1 amide bonds. The van der Waals surface area contributed by atoms with Crippen LogP contribution in [0.2, 0.25) is 0 Å². The van der Waals surface area contributed by atoms with Crippen molar-refractivity contribution in [3.05, 3.63) is 35.7 Å². The van der Waals surface area contributed by atoms with E-state index in [4.69, 9.17) is 5.26 Å². The summed E-state index contributed by atoms with van der Waals surface area (Å²) < 4.78 is 1.95. The molecule has 0 spiro atoms. The molecule has 0 bridgehead atoms. The van der Waals surface area contributed by atoms with Crippen molar-refractivity contribution in [2.75, 3.05) is 6.54 Å². The molecule has 2 aliphatic rings. The van der Waals surface area contributed by atoms with E-state index in [0.717, 1.165) is 30.8 Å². The number of carbonyl (C=O) groups excluding carboxylic acids is 1. The Bertz CT molecular complexity index is 786. The van der Waals surface area contributed by atoms with Gasteiger partial charge in [-0.25, -0.2) is 0 Å². The second-order valence-corrected chi connectivity index (χ2v) is 5.81. The van der Waals surface area contributed by atoms with Gasteiger partial charge in [0.05, 0.1) is 17.7 Å². The largest absolute Gasteiger partial charge is 0.331 e. The van der Waals surface area contributed by atoms with Crippen molar-refractivity contribution < 1.29 is 4.79 Å². The molecule has 0 aliphatic carbocycles. The van der Waals surface area contributed by atoms with Gasteiger partial charge in [0, 0.05) is 12.1 Å². The van der Waals surface area contributed by atoms with Gasteiger partial charge in [0.2, 0.25) is 5.91 Å². The Morgan fingerprint density at radius 2 is 2.05 bits per heavy atom. The molecule has 1 aromatic carbocycles. The van der Waals surface area contributed by atoms with Gasteiger partial charge >= 0.3 is 0 Å². The molecule has 6 nitrogen and oxygen atoms in total. The number of hydrogen-bond donors (Lipinski definition) is 0. The van der Waals surface area contributed by atoms with Gasteiger partial charge in [-0.15, -0.1) is 10.2 Å². The minimum Gasteiger partial charge on any atom is -0.331 e. The van der Waals surface area contributed by atoms with Crippen LogP contribution < -0.4 is 0 Å². The lowest BCUT2D eigenvalue weighted by Crippen LogP contribution is -2.42. The number of carbonyl (C=O) groups is 1. The van der Waals surface area contributed by atoms with Gasteiger partial charge in [0.1, 0.15) is 6.04 Å². The van der Waals surface area contributed by atoms with Crippen LogP contribution in [0.25, 0.3) is 11.4 Å². The Morgan fingerprint density at radius 3 is 2.77 bits per heavy atom. The Balaban J connectivity index is 1.84. The average Bonchev–Trinajstić information content (AvgIpc) is 3.19. The first-order chi connectivity index (χ1) is 10.7. The first-order valence-electron chi connectivity index (χ1n) is 7.46. The highest BCUT2D eigenvalue weighted by molar-refractivity contribution is 5.83. The van der Waals surface area contributed by atoms with Crippen molar-refractivity contribution in [2.45, 2.75) is 31.8 Å². The molecule has 0 radical (unpaired) electrons. The summed E-state index contributed by atoms with van der Waals surface area (Å²) in [6, 6.07) is 9.10. The van der Waals surface area contributed by atoms with Crippen molar-refractivity contribution >= 4 is 5.91 Å². The SMILES string of the molecule is C[C@H]1C(=O)N2CCC[C@@H]2c2nnc(-c3ccc(C#N)cc3)n21. The lowest BCUT2D eigenvalue weighted by Gasteiger charge is -2.34. The van der Waals surface area contributed by atoms with Crippen molar-refractivity contribution in [3.8, 4) is 17.5 Å². The smallest absolute Gasteiger partial charge is 0.246 e. The third kappa shape index (κ3) is 1.69. The minimum atomic E-state index is -0.287. The van der Waals surface area contributed by atoms with Gasteiger partial charge in [-0.2, -0.15) is 5.26 Å². The van der Waals surface area contributed by atoms with E-state index in [1.54, 1.807) is 12.1 Å². The molecular formula is C16H15N5O. The van der Waals surface area contributed by atoms with E-state index < -0.39 is 0 Å². The first-order valence-corrected chi connectivity index (χ1v) is 7.46. The number of aromatic nitrogens is 3. The van der Waals surface area contributed by atoms with Gasteiger partial charge in [0.15, 0.2) is 11.6 Å². The summed E-state index contributed by atoms with van der Waals surface area (Å²) in [5, 5.41) is 17.6.